The largest absolute Gasteiger partial charge is 0.491 e. The van der Waals surface area contributed by atoms with Gasteiger partial charge in [-0.1, -0.05) is 12.1 Å². The van der Waals surface area contributed by atoms with Gasteiger partial charge in [-0.05, 0) is 18.2 Å². The molecule has 0 aliphatic carbocycles. The lowest BCUT2D eigenvalue weighted by atomic mass is 10.2. The molecular weight excluding hydrogens is 306 g/mol. The molecule has 0 atom stereocenters. The number of benzene rings is 1. The lowest BCUT2D eigenvalue weighted by Crippen LogP contribution is -2.37. The summed E-state index contributed by atoms with van der Waals surface area (Å²) < 4.78 is 11.1. The molecule has 0 spiro atoms. The van der Waals surface area contributed by atoms with Crippen LogP contribution in [0.15, 0.2) is 36.5 Å². The van der Waals surface area contributed by atoms with E-state index in [0.29, 0.717) is 19.0 Å². The Morgan fingerprint density at radius 1 is 1.21 bits per heavy atom. The van der Waals surface area contributed by atoms with Crippen LogP contribution >= 0.6 is 0 Å². The van der Waals surface area contributed by atoms with Crippen molar-refractivity contribution in [2.45, 2.75) is 0 Å². The number of para-hydroxylation sites is 1. The number of pyridine rings is 1. The monoisotopic (exact) mass is 325 g/mol. The number of fused-ring (bicyclic) bond motifs is 1. The van der Waals surface area contributed by atoms with Crippen molar-refractivity contribution in [3.8, 4) is 5.75 Å². The number of H-pyrrole nitrogens is 1. The van der Waals surface area contributed by atoms with E-state index in [1.165, 1.54) is 0 Å². The van der Waals surface area contributed by atoms with Crippen molar-refractivity contribution in [1.82, 2.24) is 15.2 Å². The molecule has 0 unspecified atom stereocenters. The molecule has 124 valence electrons. The van der Waals surface area contributed by atoms with Crippen LogP contribution in [0.4, 0.5) is 17.3 Å². The second-order valence-corrected chi connectivity index (χ2v) is 5.56. The number of ether oxygens (including phenoxy) is 2. The normalized spacial score (nSPS) is 14.8. The van der Waals surface area contributed by atoms with Crippen LogP contribution in [0.25, 0.3) is 10.9 Å². The van der Waals surface area contributed by atoms with Gasteiger partial charge in [-0.15, -0.1) is 0 Å². The fourth-order valence-corrected chi connectivity index (χ4v) is 2.92. The summed E-state index contributed by atoms with van der Waals surface area (Å²) in [6.45, 7) is 3.01. The summed E-state index contributed by atoms with van der Waals surface area (Å²) in [5.41, 5.74) is 1.83. The van der Waals surface area contributed by atoms with E-state index < -0.39 is 0 Å². The summed E-state index contributed by atoms with van der Waals surface area (Å²) in [5.74, 6) is 2.31. The van der Waals surface area contributed by atoms with E-state index in [0.717, 1.165) is 41.3 Å². The molecular formula is C17H19N5O2. The predicted octanol–water partition coefficient (Wildman–Crippen LogP) is 2.55. The molecule has 3 aromatic rings. The highest BCUT2D eigenvalue weighted by molar-refractivity contribution is 5.92. The van der Waals surface area contributed by atoms with Gasteiger partial charge in [0.05, 0.1) is 31.5 Å². The Bertz CT molecular complexity index is 842. The summed E-state index contributed by atoms with van der Waals surface area (Å²) in [5, 5.41) is 11.8. The third-order valence-electron chi connectivity index (χ3n) is 4.12. The highest BCUT2D eigenvalue weighted by atomic mass is 16.5. The Morgan fingerprint density at radius 3 is 2.88 bits per heavy atom. The molecule has 2 N–H and O–H groups in total. The Kier molecular flexibility index (Phi) is 3.92. The van der Waals surface area contributed by atoms with E-state index in [4.69, 9.17) is 9.47 Å². The zero-order valence-corrected chi connectivity index (χ0v) is 13.5. The molecule has 0 amide bonds. The van der Waals surface area contributed by atoms with Crippen molar-refractivity contribution in [2.24, 2.45) is 0 Å². The first-order valence-electron chi connectivity index (χ1n) is 7.92. The number of methoxy groups -OCH3 is 1. The Morgan fingerprint density at radius 2 is 2.04 bits per heavy atom. The fraction of sp³-hybridized carbons (Fsp3) is 0.294. The van der Waals surface area contributed by atoms with Crippen molar-refractivity contribution in [3.05, 3.63) is 36.5 Å². The van der Waals surface area contributed by atoms with Crippen molar-refractivity contribution in [2.75, 3.05) is 43.6 Å². The van der Waals surface area contributed by atoms with E-state index >= 15 is 0 Å². The molecule has 24 heavy (non-hydrogen) atoms. The van der Waals surface area contributed by atoms with E-state index in [1.807, 2.05) is 30.3 Å². The maximum atomic E-state index is 5.65. The molecule has 1 aliphatic rings. The number of nitrogens with zero attached hydrogens (tertiary/aromatic N) is 3. The van der Waals surface area contributed by atoms with E-state index in [-0.39, 0.29) is 0 Å². The minimum atomic E-state index is 0.701. The molecule has 7 heteroatoms. The average molecular weight is 325 g/mol. The molecule has 0 saturated carbocycles. The van der Waals surface area contributed by atoms with Gasteiger partial charge >= 0.3 is 0 Å². The van der Waals surface area contributed by atoms with Crippen LogP contribution in [-0.4, -0.2) is 48.6 Å². The molecule has 1 aliphatic heterocycles. The molecule has 4 rings (SSSR count). The molecule has 1 saturated heterocycles. The van der Waals surface area contributed by atoms with Crippen LogP contribution in [0.5, 0.6) is 5.75 Å². The van der Waals surface area contributed by atoms with Crippen molar-refractivity contribution in [1.29, 1.82) is 0 Å². The van der Waals surface area contributed by atoms with Crippen LogP contribution in [0.2, 0.25) is 0 Å². The van der Waals surface area contributed by atoms with Crippen LogP contribution in [0.3, 0.4) is 0 Å². The summed E-state index contributed by atoms with van der Waals surface area (Å²) in [6.07, 6.45) is 1.78. The molecule has 2 aromatic heterocycles. The van der Waals surface area contributed by atoms with E-state index in [2.05, 4.69) is 25.4 Å². The molecule has 1 aromatic carbocycles. The highest BCUT2D eigenvalue weighted by Crippen LogP contribution is 2.36. The summed E-state index contributed by atoms with van der Waals surface area (Å²) >= 11 is 0. The van der Waals surface area contributed by atoms with Crippen LogP contribution in [0, 0.1) is 0 Å². The number of anilines is 3. The Hall–Kier alpha value is -2.80. The number of hydrogen-bond donors (Lipinski definition) is 2. The Balaban J connectivity index is 1.70. The summed E-state index contributed by atoms with van der Waals surface area (Å²) in [7, 11) is 1.66. The second kappa shape index (κ2) is 6.37. The van der Waals surface area contributed by atoms with E-state index in [9.17, 15) is 0 Å². The van der Waals surface area contributed by atoms with Gasteiger partial charge < -0.3 is 19.7 Å². The lowest BCUT2D eigenvalue weighted by molar-refractivity contribution is 0.122. The third kappa shape index (κ3) is 2.63. The number of morpholine rings is 1. The van der Waals surface area contributed by atoms with Gasteiger partial charge in [-0.2, -0.15) is 5.10 Å². The minimum Gasteiger partial charge on any atom is -0.491 e. The number of hydrogen-bond acceptors (Lipinski definition) is 6. The van der Waals surface area contributed by atoms with Gasteiger partial charge in [-0.25, -0.2) is 4.98 Å². The molecule has 7 nitrogen and oxygen atoms in total. The maximum Gasteiger partial charge on any atom is 0.184 e. The van der Waals surface area contributed by atoms with Gasteiger partial charge in [0.25, 0.3) is 0 Å². The van der Waals surface area contributed by atoms with Gasteiger partial charge in [0.15, 0.2) is 17.4 Å². The topological polar surface area (TPSA) is 75.3 Å². The fourth-order valence-electron chi connectivity index (χ4n) is 2.92. The molecule has 3 heterocycles. The summed E-state index contributed by atoms with van der Waals surface area (Å²) in [4.78, 5) is 6.68. The SMILES string of the molecule is COc1c(Nc2n[nH]c3ccccc23)ccnc1N1CCOCC1. The molecule has 0 bridgehead atoms. The van der Waals surface area contributed by atoms with E-state index in [1.54, 1.807) is 13.3 Å². The van der Waals surface area contributed by atoms with Crippen LogP contribution < -0.4 is 15.0 Å². The van der Waals surface area contributed by atoms with Crippen molar-refractivity contribution >= 4 is 28.2 Å². The zero-order chi connectivity index (χ0) is 16.4. The first-order valence-corrected chi connectivity index (χ1v) is 7.92. The smallest absolute Gasteiger partial charge is 0.184 e. The summed E-state index contributed by atoms with van der Waals surface area (Å²) in [6, 6.07) is 9.89. The standard InChI is InChI=1S/C17H19N5O2/c1-23-15-14(6-7-18-17(15)22-8-10-24-11-9-22)19-16-12-4-2-3-5-13(12)20-21-16/h2-7H,8-11H2,1H3,(H2,18,19,20,21). The first kappa shape index (κ1) is 14.8. The van der Waals surface area contributed by atoms with Crippen LogP contribution in [0.1, 0.15) is 0 Å². The number of aromatic nitrogens is 3. The second-order valence-electron chi connectivity index (χ2n) is 5.56. The van der Waals surface area contributed by atoms with Gasteiger partial charge in [0.2, 0.25) is 0 Å². The lowest BCUT2D eigenvalue weighted by Gasteiger charge is -2.29. The van der Waals surface area contributed by atoms with Crippen molar-refractivity contribution < 1.29 is 9.47 Å². The average Bonchev–Trinajstić information content (AvgIpc) is 3.05. The number of aromatic amines is 1. The highest BCUT2D eigenvalue weighted by Gasteiger charge is 2.20. The van der Waals surface area contributed by atoms with Crippen molar-refractivity contribution in [3.63, 3.8) is 0 Å². The molecule has 1 fully saturated rings. The van der Waals surface area contributed by atoms with Gasteiger partial charge in [-0.3, -0.25) is 5.10 Å². The first-order chi connectivity index (χ1) is 11.9. The maximum absolute atomic E-state index is 5.65. The zero-order valence-electron chi connectivity index (χ0n) is 13.5. The third-order valence-corrected chi connectivity index (χ3v) is 4.12. The number of rotatable bonds is 4. The Labute approximate surface area is 139 Å². The van der Waals surface area contributed by atoms with Crippen LogP contribution in [-0.2, 0) is 4.74 Å². The predicted molar refractivity (Wildman–Crippen MR) is 93.2 cm³/mol. The van der Waals surface area contributed by atoms with Gasteiger partial charge in [0, 0.05) is 24.7 Å². The quantitative estimate of drug-likeness (QED) is 0.768. The molecule has 0 radical (unpaired) electrons. The number of nitrogens with one attached hydrogen (secondary N) is 2. The minimum absolute atomic E-state index is 0.701. The van der Waals surface area contributed by atoms with Gasteiger partial charge in [0.1, 0.15) is 0 Å².